The summed E-state index contributed by atoms with van der Waals surface area (Å²) >= 11 is 0. The Morgan fingerprint density at radius 3 is 2.95 bits per heavy atom. The Bertz CT molecular complexity index is 476. The quantitative estimate of drug-likeness (QED) is 0.854. The molecule has 6 nitrogen and oxygen atoms in total. The highest BCUT2D eigenvalue weighted by Crippen LogP contribution is 2.26. The van der Waals surface area contributed by atoms with Crippen LogP contribution in [-0.2, 0) is 9.53 Å². The van der Waals surface area contributed by atoms with Gasteiger partial charge in [0.05, 0.1) is 24.0 Å². The molecule has 3 rings (SSSR count). The highest BCUT2D eigenvalue weighted by Gasteiger charge is 2.40. The van der Waals surface area contributed by atoms with Gasteiger partial charge in [-0.3, -0.25) is 14.7 Å². The summed E-state index contributed by atoms with van der Waals surface area (Å²) in [6.45, 7) is 2.03. The van der Waals surface area contributed by atoms with Crippen molar-refractivity contribution >= 4 is 11.6 Å². The first-order chi connectivity index (χ1) is 10.2. The van der Waals surface area contributed by atoms with E-state index in [-0.39, 0.29) is 11.9 Å². The number of ether oxygens (including phenoxy) is 1. The first kappa shape index (κ1) is 14.4. The third-order valence-electron chi connectivity index (χ3n) is 4.21. The Balaban J connectivity index is 1.67. The third-order valence-corrected chi connectivity index (χ3v) is 4.21. The number of β-amino-alcohol motifs (C(OH)–C–C–N with tert-alkyl or cyclic N) is 1. The summed E-state index contributed by atoms with van der Waals surface area (Å²) < 4.78 is 5.38. The third kappa shape index (κ3) is 3.40. The lowest BCUT2D eigenvalue weighted by molar-refractivity contribution is -0.121. The number of nitrogens with one attached hydrogen (secondary N) is 1. The summed E-state index contributed by atoms with van der Waals surface area (Å²) in [5.74, 6) is -0.0639. The van der Waals surface area contributed by atoms with Gasteiger partial charge in [-0.05, 0) is 31.4 Å². The summed E-state index contributed by atoms with van der Waals surface area (Å²) in [7, 11) is 0. The minimum Gasteiger partial charge on any atom is -0.392 e. The number of pyridine rings is 1. The normalized spacial score (nSPS) is 27.7. The topological polar surface area (TPSA) is 74.7 Å². The molecule has 3 heterocycles. The number of nitrogens with zero attached hydrogens (tertiary/aromatic N) is 2. The molecule has 1 amide bonds. The molecule has 6 heteroatoms. The zero-order valence-corrected chi connectivity index (χ0v) is 11.9. The van der Waals surface area contributed by atoms with Gasteiger partial charge in [0, 0.05) is 32.0 Å². The molecule has 2 aliphatic heterocycles. The molecule has 0 aliphatic carbocycles. The van der Waals surface area contributed by atoms with E-state index in [1.807, 2.05) is 6.07 Å². The Labute approximate surface area is 124 Å². The van der Waals surface area contributed by atoms with Crippen molar-refractivity contribution in [2.24, 2.45) is 0 Å². The second kappa shape index (κ2) is 6.51. The van der Waals surface area contributed by atoms with E-state index in [1.165, 1.54) is 0 Å². The number of rotatable bonds is 3. The van der Waals surface area contributed by atoms with Crippen molar-refractivity contribution in [1.29, 1.82) is 0 Å². The molecule has 2 saturated heterocycles. The minimum atomic E-state index is -0.433. The maximum absolute atomic E-state index is 12.5. The number of aromatic nitrogens is 1. The molecule has 1 aromatic heterocycles. The molecular formula is C15H21N3O3. The van der Waals surface area contributed by atoms with Gasteiger partial charge in [-0.25, -0.2) is 0 Å². The molecule has 2 N–H and O–H groups in total. The molecular weight excluding hydrogens is 270 g/mol. The van der Waals surface area contributed by atoms with E-state index >= 15 is 0 Å². The van der Waals surface area contributed by atoms with Gasteiger partial charge in [0.15, 0.2) is 0 Å². The van der Waals surface area contributed by atoms with Crippen LogP contribution in [0.3, 0.4) is 0 Å². The molecule has 0 spiro atoms. The molecule has 2 fully saturated rings. The predicted octanol–water partition coefficient (Wildman–Crippen LogP) is 0.634. The van der Waals surface area contributed by atoms with E-state index in [4.69, 9.17) is 4.74 Å². The summed E-state index contributed by atoms with van der Waals surface area (Å²) in [4.78, 5) is 18.6. The van der Waals surface area contributed by atoms with Gasteiger partial charge in [0.25, 0.3) is 0 Å². The van der Waals surface area contributed by atoms with Crippen molar-refractivity contribution in [3.8, 4) is 0 Å². The summed E-state index contributed by atoms with van der Waals surface area (Å²) in [6.07, 6.45) is 5.19. The van der Waals surface area contributed by atoms with Gasteiger partial charge < -0.3 is 15.2 Å². The van der Waals surface area contributed by atoms with Gasteiger partial charge in [0.2, 0.25) is 5.91 Å². The van der Waals surface area contributed by atoms with E-state index in [0.29, 0.717) is 24.7 Å². The Kier molecular flexibility index (Phi) is 4.48. The summed E-state index contributed by atoms with van der Waals surface area (Å²) in [5.41, 5.74) is 0.691. The number of aliphatic hydroxyl groups is 1. The predicted molar refractivity (Wildman–Crippen MR) is 77.8 cm³/mol. The van der Waals surface area contributed by atoms with Crippen LogP contribution in [0, 0.1) is 0 Å². The molecule has 0 unspecified atom stereocenters. The molecule has 2 atom stereocenters. The van der Waals surface area contributed by atoms with Crippen LogP contribution in [0.2, 0.25) is 0 Å². The van der Waals surface area contributed by atoms with E-state index in [2.05, 4.69) is 15.2 Å². The number of anilines is 1. The van der Waals surface area contributed by atoms with Crippen LogP contribution in [0.1, 0.15) is 19.3 Å². The fraction of sp³-hybridized carbons (Fsp3) is 0.600. The van der Waals surface area contributed by atoms with Crippen LogP contribution in [-0.4, -0.2) is 58.8 Å². The molecule has 0 aromatic carbocycles. The molecule has 0 bridgehead atoms. The van der Waals surface area contributed by atoms with Crippen LogP contribution in [0.4, 0.5) is 5.69 Å². The second-order valence-corrected chi connectivity index (χ2v) is 5.68. The number of amides is 1. The monoisotopic (exact) mass is 291 g/mol. The highest BCUT2D eigenvalue weighted by molar-refractivity contribution is 5.95. The maximum Gasteiger partial charge on any atom is 0.241 e. The van der Waals surface area contributed by atoms with Gasteiger partial charge in [-0.2, -0.15) is 0 Å². The average Bonchev–Trinajstić information content (AvgIpc) is 2.91. The highest BCUT2D eigenvalue weighted by atomic mass is 16.5. The van der Waals surface area contributed by atoms with Crippen LogP contribution in [0.25, 0.3) is 0 Å². The number of carbonyl (C=O) groups excluding carboxylic acids is 1. The number of hydrogen-bond acceptors (Lipinski definition) is 5. The first-order valence-electron chi connectivity index (χ1n) is 7.46. The van der Waals surface area contributed by atoms with Crippen molar-refractivity contribution in [2.75, 3.05) is 25.1 Å². The molecule has 0 saturated carbocycles. The fourth-order valence-electron chi connectivity index (χ4n) is 3.18. The second-order valence-electron chi connectivity index (χ2n) is 5.68. The van der Waals surface area contributed by atoms with E-state index < -0.39 is 6.10 Å². The van der Waals surface area contributed by atoms with Gasteiger partial charge >= 0.3 is 0 Å². The average molecular weight is 291 g/mol. The van der Waals surface area contributed by atoms with Crippen molar-refractivity contribution < 1.29 is 14.6 Å². The summed E-state index contributed by atoms with van der Waals surface area (Å²) in [5, 5.41) is 12.8. The zero-order chi connectivity index (χ0) is 14.7. The molecule has 2 aliphatic rings. The lowest BCUT2D eigenvalue weighted by atomic mass is 10.1. The molecule has 1 aromatic rings. The van der Waals surface area contributed by atoms with Crippen molar-refractivity contribution in [2.45, 2.75) is 37.5 Å². The van der Waals surface area contributed by atoms with Crippen LogP contribution >= 0.6 is 0 Å². The van der Waals surface area contributed by atoms with E-state index in [1.54, 1.807) is 18.5 Å². The van der Waals surface area contributed by atoms with Gasteiger partial charge in [-0.1, -0.05) is 0 Å². The first-order valence-corrected chi connectivity index (χ1v) is 7.46. The van der Waals surface area contributed by atoms with Crippen LogP contribution in [0.15, 0.2) is 24.5 Å². The number of carbonyl (C=O) groups is 1. The lowest BCUT2D eigenvalue weighted by Crippen LogP contribution is -2.47. The standard InChI is InChI=1S/C15H21N3O3/c19-13-8-14(15(20)17-11-2-1-5-16-9-11)18(10-13)12-3-6-21-7-4-12/h1-2,5,9,12-14,19H,3-4,6-8,10H2,(H,17,20)/t13-,14+/m1/s1. The van der Waals surface area contributed by atoms with Gasteiger partial charge in [0.1, 0.15) is 0 Å². The van der Waals surface area contributed by atoms with Gasteiger partial charge in [-0.15, -0.1) is 0 Å². The SMILES string of the molecule is O=C(Nc1cccnc1)[C@@H]1C[C@@H](O)CN1C1CCOCC1. The largest absolute Gasteiger partial charge is 0.392 e. The molecule has 0 radical (unpaired) electrons. The lowest BCUT2D eigenvalue weighted by Gasteiger charge is -2.34. The Morgan fingerprint density at radius 1 is 1.43 bits per heavy atom. The Hall–Kier alpha value is -1.50. The van der Waals surface area contributed by atoms with Crippen LogP contribution in [0.5, 0.6) is 0 Å². The van der Waals surface area contributed by atoms with Crippen molar-refractivity contribution in [1.82, 2.24) is 9.88 Å². The molecule has 114 valence electrons. The maximum atomic E-state index is 12.5. The smallest absolute Gasteiger partial charge is 0.241 e. The minimum absolute atomic E-state index is 0.0639. The van der Waals surface area contributed by atoms with E-state index in [0.717, 1.165) is 26.1 Å². The number of likely N-dealkylation sites (tertiary alicyclic amines) is 1. The number of aliphatic hydroxyl groups excluding tert-OH is 1. The molecule has 21 heavy (non-hydrogen) atoms. The van der Waals surface area contributed by atoms with E-state index in [9.17, 15) is 9.90 Å². The number of hydrogen-bond donors (Lipinski definition) is 2. The van der Waals surface area contributed by atoms with Crippen LogP contribution < -0.4 is 5.32 Å². The fourth-order valence-corrected chi connectivity index (χ4v) is 3.18. The summed E-state index contributed by atoms with van der Waals surface area (Å²) in [6, 6.07) is 3.65. The zero-order valence-electron chi connectivity index (χ0n) is 11.9. The van der Waals surface area contributed by atoms with Crippen molar-refractivity contribution in [3.05, 3.63) is 24.5 Å². The van der Waals surface area contributed by atoms with Crippen molar-refractivity contribution in [3.63, 3.8) is 0 Å². The Morgan fingerprint density at radius 2 is 2.24 bits per heavy atom.